The molecule has 1 heterocycles. The third-order valence-electron chi connectivity index (χ3n) is 5.34. The van der Waals surface area contributed by atoms with Gasteiger partial charge in [-0.05, 0) is 44.2 Å². The second kappa shape index (κ2) is 5.45. The van der Waals surface area contributed by atoms with E-state index in [0.29, 0.717) is 5.91 Å². The maximum atomic E-state index is 13.1. The number of aryl methyl sites for hydroxylation is 1. The zero-order chi connectivity index (χ0) is 15.0. The lowest BCUT2D eigenvalue weighted by atomic mass is 9.97. The van der Waals surface area contributed by atoms with Crippen LogP contribution in [0.25, 0.3) is 0 Å². The SMILES string of the molecule is CCC(C)N1C(=O)C2(CCCC2)NC1c1ccccc1C. The fourth-order valence-corrected chi connectivity index (χ4v) is 3.87. The average Bonchev–Trinajstić information content (AvgIpc) is 3.06. The Morgan fingerprint density at radius 2 is 2.00 bits per heavy atom. The fraction of sp³-hybridized carbons (Fsp3) is 0.611. The van der Waals surface area contributed by atoms with Crippen molar-refractivity contribution < 1.29 is 4.79 Å². The molecule has 1 amide bonds. The average molecular weight is 286 g/mol. The van der Waals surface area contributed by atoms with Crippen LogP contribution in [0.3, 0.4) is 0 Å². The number of hydrogen-bond donors (Lipinski definition) is 1. The third kappa shape index (κ3) is 2.28. The Morgan fingerprint density at radius 1 is 1.33 bits per heavy atom. The number of amides is 1. The van der Waals surface area contributed by atoms with E-state index in [2.05, 4.69) is 55.3 Å². The summed E-state index contributed by atoms with van der Waals surface area (Å²) in [6.45, 7) is 6.46. The standard InChI is InChI=1S/C18H26N2O/c1-4-14(3)20-16(15-10-6-5-9-13(15)2)19-18(17(20)21)11-7-8-12-18/h5-6,9-10,14,16,19H,4,7-8,11-12H2,1-3H3. The first-order chi connectivity index (χ1) is 10.1. The van der Waals surface area contributed by atoms with E-state index < -0.39 is 0 Å². The molecule has 2 aliphatic rings. The van der Waals surface area contributed by atoms with Gasteiger partial charge in [0.05, 0.1) is 5.54 Å². The van der Waals surface area contributed by atoms with Crippen molar-refractivity contribution in [2.24, 2.45) is 0 Å². The molecule has 1 saturated heterocycles. The summed E-state index contributed by atoms with van der Waals surface area (Å²) >= 11 is 0. The molecule has 1 aromatic rings. The lowest BCUT2D eigenvalue weighted by Gasteiger charge is -2.30. The lowest BCUT2D eigenvalue weighted by molar-refractivity contribution is -0.135. The van der Waals surface area contributed by atoms with Crippen LogP contribution in [-0.4, -0.2) is 22.4 Å². The molecule has 0 aromatic heterocycles. The Hall–Kier alpha value is -1.35. The number of benzene rings is 1. The monoisotopic (exact) mass is 286 g/mol. The van der Waals surface area contributed by atoms with E-state index in [-0.39, 0.29) is 17.7 Å². The van der Waals surface area contributed by atoms with Crippen molar-refractivity contribution in [3.8, 4) is 0 Å². The maximum Gasteiger partial charge on any atom is 0.244 e. The summed E-state index contributed by atoms with van der Waals surface area (Å²) in [4.78, 5) is 15.2. The molecule has 3 heteroatoms. The molecule has 2 unspecified atom stereocenters. The Balaban J connectivity index is 2.01. The highest BCUT2D eigenvalue weighted by Crippen LogP contribution is 2.42. The maximum absolute atomic E-state index is 13.1. The smallest absolute Gasteiger partial charge is 0.244 e. The van der Waals surface area contributed by atoms with E-state index in [4.69, 9.17) is 0 Å². The van der Waals surface area contributed by atoms with Crippen molar-refractivity contribution in [2.45, 2.75) is 70.6 Å². The van der Waals surface area contributed by atoms with Gasteiger partial charge in [-0.1, -0.05) is 44.0 Å². The lowest BCUT2D eigenvalue weighted by Crippen LogP contribution is -2.45. The van der Waals surface area contributed by atoms with E-state index in [0.717, 1.165) is 32.1 Å². The summed E-state index contributed by atoms with van der Waals surface area (Å²) in [7, 11) is 0. The van der Waals surface area contributed by atoms with Crippen LogP contribution in [0.2, 0.25) is 0 Å². The van der Waals surface area contributed by atoms with Gasteiger partial charge in [-0.15, -0.1) is 0 Å². The number of carbonyl (C=O) groups is 1. The fourth-order valence-electron chi connectivity index (χ4n) is 3.87. The van der Waals surface area contributed by atoms with Crippen LogP contribution >= 0.6 is 0 Å². The minimum atomic E-state index is -0.295. The number of carbonyl (C=O) groups excluding carboxylic acids is 1. The molecular formula is C18H26N2O. The second-order valence-electron chi connectivity index (χ2n) is 6.66. The molecule has 1 N–H and O–H groups in total. The zero-order valence-electron chi connectivity index (χ0n) is 13.4. The Kier molecular flexibility index (Phi) is 3.78. The molecular weight excluding hydrogens is 260 g/mol. The molecule has 2 atom stereocenters. The largest absolute Gasteiger partial charge is 0.319 e. The van der Waals surface area contributed by atoms with Crippen LogP contribution in [0.1, 0.15) is 63.2 Å². The number of nitrogens with one attached hydrogen (secondary N) is 1. The van der Waals surface area contributed by atoms with Gasteiger partial charge in [0.25, 0.3) is 0 Å². The normalized spacial score (nSPS) is 25.8. The third-order valence-corrected chi connectivity index (χ3v) is 5.34. The quantitative estimate of drug-likeness (QED) is 0.922. The van der Waals surface area contributed by atoms with Gasteiger partial charge in [0.1, 0.15) is 6.17 Å². The summed E-state index contributed by atoms with van der Waals surface area (Å²) in [5, 5.41) is 3.71. The van der Waals surface area contributed by atoms with Crippen LogP contribution in [0.4, 0.5) is 0 Å². The minimum Gasteiger partial charge on any atom is -0.319 e. The molecule has 114 valence electrons. The molecule has 3 rings (SSSR count). The molecule has 0 bridgehead atoms. The van der Waals surface area contributed by atoms with E-state index in [1.54, 1.807) is 0 Å². The van der Waals surface area contributed by atoms with E-state index in [9.17, 15) is 4.79 Å². The Morgan fingerprint density at radius 3 is 2.62 bits per heavy atom. The molecule has 21 heavy (non-hydrogen) atoms. The minimum absolute atomic E-state index is 0.0340. The highest BCUT2D eigenvalue weighted by molar-refractivity contribution is 5.89. The summed E-state index contributed by atoms with van der Waals surface area (Å²) in [6.07, 6.45) is 5.32. The van der Waals surface area contributed by atoms with Gasteiger partial charge in [-0.3, -0.25) is 10.1 Å². The summed E-state index contributed by atoms with van der Waals surface area (Å²) in [5.41, 5.74) is 2.21. The zero-order valence-corrected chi connectivity index (χ0v) is 13.4. The highest BCUT2D eigenvalue weighted by atomic mass is 16.2. The first-order valence-corrected chi connectivity index (χ1v) is 8.25. The van der Waals surface area contributed by atoms with E-state index in [1.165, 1.54) is 11.1 Å². The molecule has 1 aromatic carbocycles. The second-order valence-corrected chi connectivity index (χ2v) is 6.66. The Bertz CT molecular complexity index is 534. The summed E-state index contributed by atoms with van der Waals surface area (Å²) in [6, 6.07) is 8.70. The van der Waals surface area contributed by atoms with Crippen LogP contribution in [0.15, 0.2) is 24.3 Å². The number of hydrogen-bond acceptors (Lipinski definition) is 2. The molecule has 2 fully saturated rings. The van der Waals surface area contributed by atoms with Gasteiger partial charge >= 0.3 is 0 Å². The number of nitrogens with zero attached hydrogens (tertiary/aromatic N) is 1. The molecule has 1 saturated carbocycles. The van der Waals surface area contributed by atoms with Crippen LogP contribution in [0, 0.1) is 6.92 Å². The molecule has 1 aliphatic carbocycles. The van der Waals surface area contributed by atoms with Crippen molar-refractivity contribution in [1.29, 1.82) is 0 Å². The van der Waals surface area contributed by atoms with Gasteiger partial charge in [-0.25, -0.2) is 0 Å². The topological polar surface area (TPSA) is 32.3 Å². The van der Waals surface area contributed by atoms with Crippen LogP contribution in [0.5, 0.6) is 0 Å². The van der Waals surface area contributed by atoms with Crippen molar-refractivity contribution in [3.05, 3.63) is 35.4 Å². The van der Waals surface area contributed by atoms with E-state index >= 15 is 0 Å². The molecule has 1 spiro atoms. The van der Waals surface area contributed by atoms with Gasteiger partial charge in [-0.2, -0.15) is 0 Å². The van der Waals surface area contributed by atoms with Gasteiger partial charge in [0.15, 0.2) is 0 Å². The first-order valence-electron chi connectivity index (χ1n) is 8.25. The van der Waals surface area contributed by atoms with Crippen LogP contribution < -0.4 is 5.32 Å². The number of rotatable bonds is 3. The van der Waals surface area contributed by atoms with Crippen molar-refractivity contribution >= 4 is 5.91 Å². The summed E-state index contributed by atoms with van der Waals surface area (Å²) in [5.74, 6) is 0.322. The molecule has 1 aliphatic heterocycles. The first kappa shape index (κ1) is 14.6. The predicted molar refractivity (Wildman–Crippen MR) is 84.9 cm³/mol. The van der Waals surface area contributed by atoms with E-state index in [1.807, 2.05) is 0 Å². The molecule has 3 nitrogen and oxygen atoms in total. The van der Waals surface area contributed by atoms with Gasteiger partial charge < -0.3 is 4.90 Å². The van der Waals surface area contributed by atoms with Gasteiger partial charge in [0.2, 0.25) is 5.91 Å². The van der Waals surface area contributed by atoms with Gasteiger partial charge in [0, 0.05) is 6.04 Å². The van der Waals surface area contributed by atoms with Crippen LogP contribution in [-0.2, 0) is 4.79 Å². The van der Waals surface area contributed by atoms with Crippen molar-refractivity contribution in [2.75, 3.05) is 0 Å². The predicted octanol–water partition coefficient (Wildman–Crippen LogP) is 3.54. The molecule has 0 radical (unpaired) electrons. The van der Waals surface area contributed by atoms with Crippen molar-refractivity contribution in [1.82, 2.24) is 10.2 Å². The highest BCUT2D eigenvalue weighted by Gasteiger charge is 2.53. The summed E-state index contributed by atoms with van der Waals surface area (Å²) < 4.78 is 0. The Labute approximate surface area is 127 Å². The van der Waals surface area contributed by atoms with Crippen molar-refractivity contribution in [3.63, 3.8) is 0 Å².